The van der Waals surface area contributed by atoms with Gasteiger partial charge in [0.1, 0.15) is 34.9 Å². The second kappa shape index (κ2) is 8.12. The first-order valence-corrected chi connectivity index (χ1v) is 10.0. The van der Waals surface area contributed by atoms with Crippen LogP contribution in [-0.2, 0) is 0 Å². The Morgan fingerprint density at radius 2 is 1.97 bits per heavy atom. The lowest BCUT2D eigenvalue weighted by atomic mass is 9.95. The molecule has 0 spiro atoms. The lowest BCUT2D eigenvalue weighted by Gasteiger charge is -2.21. The number of hydrogen-bond acceptors (Lipinski definition) is 6. The molecule has 3 N–H and O–H groups in total. The summed E-state index contributed by atoms with van der Waals surface area (Å²) in [6, 6.07) is 13.9. The Morgan fingerprint density at radius 1 is 1.19 bits per heavy atom. The molecule has 0 unspecified atom stereocenters. The Bertz CT molecular complexity index is 1450. The highest BCUT2D eigenvalue weighted by molar-refractivity contribution is 5.72. The normalized spacial score (nSPS) is 11.8. The average molecular weight is 428 g/mol. The number of aryl methyl sites for hydroxylation is 2. The van der Waals surface area contributed by atoms with Crippen LogP contribution in [0, 0.1) is 31.0 Å². The number of benzene rings is 1. The van der Waals surface area contributed by atoms with Crippen molar-refractivity contribution in [1.82, 2.24) is 14.4 Å². The van der Waals surface area contributed by atoms with E-state index in [1.165, 1.54) is 16.7 Å². The van der Waals surface area contributed by atoms with Crippen LogP contribution in [0.2, 0.25) is 0 Å². The van der Waals surface area contributed by atoms with E-state index in [0.29, 0.717) is 28.3 Å². The van der Waals surface area contributed by atoms with Gasteiger partial charge in [0.05, 0.1) is 11.6 Å². The topological polar surface area (TPSA) is 109 Å². The summed E-state index contributed by atoms with van der Waals surface area (Å²) in [7, 11) is 0. The molecule has 0 radical (unpaired) electrons. The summed E-state index contributed by atoms with van der Waals surface area (Å²) >= 11 is 0. The van der Waals surface area contributed by atoms with E-state index in [1.807, 2.05) is 50.2 Å². The van der Waals surface area contributed by atoms with Crippen LogP contribution in [0.25, 0.3) is 16.6 Å². The Balaban J connectivity index is 1.94. The van der Waals surface area contributed by atoms with Crippen molar-refractivity contribution in [3.8, 4) is 17.2 Å². The van der Waals surface area contributed by atoms with E-state index in [-0.39, 0.29) is 16.9 Å². The minimum absolute atomic E-state index is 0.0858. The molecule has 0 aliphatic carbocycles. The number of nitrogens with two attached hydrogens (primary N) is 1. The molecule has 8 heteroatoms. The predicted molar refractivity (Wildman–Crippen MR) is 122 cm³/mol. The zero-order valence-electron chi connectivity index (χ0n) is 17.8. The van der Waals surface area contributed by atoms with Gasteiger partial charge < -0.3 is 11.1 Å². The molecule has 1 atom stereocenters. The van der Waals surface area contributed by atoms with Gasteiger partial charge in [-0.25, -0.2) is 14.4 Å². The lowest BCUT2D eigenvalue weighted by Crippen LogP contribution is -2.21. The Hall–Kier alpha value is -4.25. The molecule has 0 aliphatic rings. The summed E-state index contributed by atoms with van der Waals surface area (Å²) in [6.07, 6.45) is 1.18. The van der Waals surface area contributed by atoms with Crippen molar-refractivity contribution in [3.05, 3.63) is 87.3 Å². The van der Waals surface area contributed by atoms with E-state index >= 15 is 0 Å². The first kappa shape index (κ1) is 21.0. The van der Waals surface area contributed by atoms with Crippen molar-refractivity contribution in [2.45, 2.75) is 26.8 Å². The molecule has 0 aliphatic heterocycles. The SMILES string of the molecule is Cc1cccc(-c2c([C@H](C)Nc3nc(C)nc(N)c3C#N)cc3ccc(F)cn3c2=O)c1. The second-order valence-electron chi connectivity index (χ2n) is 7.65. The van der Waals surface area contributed by atoms with Crippen LogP contribution in [0.1, 0.15) is 35.5 Å². The molecule has 3 aromatic heterocycles. The molecule has 4 rings (SSSR count). The zero-order valence-corrected chi connectivity index (χ0v) is 17.8. The molecule has 7 nitrogen and oxygen atoms in total. The number of aromatic nitrogens is 3. The largest absolute Gasteiger partial charge is 0.382 e. The molecule has 1 aromatic carbocycles. The number of nitrogen functional groups attached to an aromatic ring is 1. The highest BCUT2D eigenvalue weighted by Gasteiger charge is 2.21. The van der Waals surface area contributed by atoms with Gasteiger partial charge in [-0.15, -0.1) is 0 Å². The van der Waals surface area contributed by atoms with Gasteiger partial charge in [-0.3, -0.25) is 9.20 Å². The summed E-state index contributed by atoms with van der Waals surface area (Å²) in [5.41, 5.74) is 9.08. The number of fused-ring (bicyclic) bond motifs is 1. The van der Waals surface area contributed by atoms with Gasteiger partial charge in [0, 0.05) is 11.7 Å². The highest BCUT2D eigenvalue weighted by Crippen LogP contribution is 2.30. The van der Waals surface area contributed by atoms with Crippen molar-refractivity contribution in [2.75, 3.05) is 11.1 Å². The van der Waals surface area contributed by atoms with Gasteiger partial charge in [0.2, 0.25) is 0 Å². The van der Waals surface area contributed by atoms with Crippen LogP contribution in [-0.4, -0.2) is 14.4 Å². The van der Waals surface area contributed by atoms with Crippen LogP contribution in [0.15, 0.2) is 53.5 Å². The van der Waals surface area contributed by atoms with Gasteiger partial charge in [0.25, 0.3) is 5.56 Å². The second-order valence-corrected chi connectivity index (χ2v) is 7.65. The molecule has 0 saturated heterocycles. The Morgan fingerprint density at radius 3 is 2.69 bits per heavy atom. The molecule has 0 amide bonds. The van der Waals surface area contributed by atoms with Gasteiger partial charge in [-0.05, 0) is 50.1 Å². The smallest absolute Gasteiger partial charge is 0.263 e. The number of pyridine rings is 2. The third kappa shape index (κ3) is 3.76. The van der Waals surface area contributed by atoms with Crippen molar-refractivity contribution in [3.63, 3.8) is 0 Å². The van der Waals surface area contributed by atoms with E-state index in [0.717, 1.165) is 11.1 Å². The number of nitrogens with zero attached hydrogens (tertiary/aromatic N) is 4. The maximum absolute atomic E-state index is 13.9. The number of rotatable bonds is 4. The molecule has 0 saturated carbocycles. The Labute approximate surface area is 184 Å². The highest BCUT2D eigenvalue weighted by atomic mass is 19.1. The summed E-state index contributed by atoms with van der Waals surface area (Å²) in [6.45, 7) is 5.49. The van der Waals surface area contributed by atoms with Crippen molar-refractivity contribution in [1.29, 1.82) is 5.26 Å². The van der Waals surface area contributed by atoms with Crippen LogP contribution >= 0.6 is 0 Å². The maximum Gasteiger partial charge on any atom is 0.263 e. The summed E-state index contributed by atoms with van der Waals surface area (Å²) < 4.78 is 15.2. The number of nitriles is 1. The molecule has 0 fully saturated rings. The summed E-state index contributed by atoms with van der Waals surface area (Å²) in [5.74, 6) is 0.297. The fraction of sp³-hybridized carbons (Fsp3) is 0.167. The van der Waals surface area contributed by atoms with E-state index in [9.17, 15) is 14.4 Å². The minimum Gasteiger partial charge on any atom is -0.382 e. The van der Waals surface area contributed by atoms with Gasteiger partial charge in [-0.2, -0.15) is 5.26 Å². The van der Waals surface area contributed by atoms with E-state index in [1.54, 1.807) is 13.0 Å². The van der Waals surface area contributed by atoms with E-state index in [4.69, 9.17) is 5.73 Å². The van der Waals surface area contributed by atoms with Crippen LogP contribution in [0.3, 0.4) is 0 Å². The molecule has 3 heterocycles. The molecular weight excluding hydrogens is 407 g/mol. The van der Waals surface area contributed by atoms with Crippen LogP contribution in [0.4, 0.5) is 16.0 Å². The lowest BCUT2D eigenvalue weighted by molar-refractivity contribution is 0.618. The summed E-state index contributed by atoms with van der Waals surface area (Å²) in [5, 5.41) is 12.7. The predicted octanol–water partition coefficient (Wildman–Crippen LogP) is 4.14. The summed E-state index contributed by atoms with van der Waals surface area (Å²) in [4.78, 5) is 21.8. The van der Waals surface area contributed by atoms with E-state index in [2.05, 4.69) is 15.3 Å². The van der Waals surface area contributed by atoms with Gasteiger partial charge in [0.15, 0.2) is 0 Å². The fourth-order valence-corrected chi connectivity index (χ4v) is 3.78. The standard InChI is InChI=1S/C24H21FN6O/c1-13-5-4-6-16(9-13)21-19(10-18-8-7-17(25)12-31(18)24(21)32)14(2)28-23-20(11-26)22(27)29-15(3)30-23/h4-10,12,14H,1-3H3,(H3,27,28,29,30)/t14-/m0/s1. The van der Waals surface area contributed by atoms with Crippen LogP contribution in [0.5, 0.6) is 0 Å². The monoisotopic (exact) mass is 428 g/mol. The first-order valence-electron chi connectivity index (χ1n) is 10.0. The third-order valence-electron chi connectivity index (χ3n) is 5.26. The van der Waals surface area contributed by atoms with Gasteiger partial charge >= 0.3 is 0 Å². The third-order valence-corrected chi connectivity index (χ3v) is 5.26. The van der Waals surface area contributed by atoms with Crippen molar-refractivity contribution >= 4 is 17.2 Å². The van der Waals surface area contributed by atoms with Gasteiger partial charge in [-0.1, -0.05) is 29.8 Å². The van der Waals surface area contributed by atoms with Crippen LogP contribution < -0.4 is 16.6 Å². The van der Waals surface area contributed by atoms with E-state index < -0.39 is 11.9 Å². The molecule has 32 heavy (non-hydrogen) atoms. The van der Waals surface area contributed by atoms with Crippen molar-refractivity contribution in [2.24, 2.45) is 0 Å². The number of anilines is 2. The number of halogens is 1. The quantitative estimate of drug-likeness (QED) is 0.506. The zero-order chi connectivity index (χ0) is 23.0. The minimum atomic E-state index is -0.501. The molecule has 0 bridgehead atoms. The molecular formula is C24H21FN6O. The first-order chi connectivity index (χ1) is 15.3. The Kier molecular flexibility index (Phi) is 5.33. The maximum atomic E-state index is 13.9. The number of nitrogens with one attached hydrogen (secondary N) is 1. The molecule has 160 valence electrons. The van der Waals surface area contributed by atoms with Crippen molar-refractivity contribution < 1.29 is 4.39 Å². The number of hydrogen-bond donors (Lipinski definition) is 2. The molecule has 4 aromatic rings. The average Bonchev–Trinajstić information content (AvgIpc) is 2.73. The fourth-order valence-electron chi connectivity index (χ4n) is 3.78.